The Morgan fingerprint density at radius 1 is 1.56 bits per heavy atom. The Labute approximate surface area is 107 Å². The van der Waals surface area contributed by atoms with Crippen LogP contribution in [0.4, 0.5) is 0 Å². The summed E-state index contributed by atoms with van der Waals surface area (Å²) in [4.78, 5) is 14.1. The predicted molar refractivity (Wildman–Crippen MR) is 68.3 cm³/mol. The lowest BCUT2D eigenvalue weighted by atomic mass is 10.1. The van der Waals surface area contributed by atoms with Gasteiger partial charge in [0, 0.05) is 19.2 Å². The largest absolute Gasteiger partial charge is 0.394 e. The second-order valence-corrected chi connectivity index (χ2v) is 4.61. The van der Waals surface area contributed by atoms with Crippen molar-refractivity contribution in [1.29, 1.82) is 0 Å². The monoisotopic (exact) mass is 249 g/mol. The number of hydrogen-bond donors (Lipinski definition) is 1. The number of carbonyl (C=O) groups is 1. The van der Waals surface area contributed by atoms with Gasteiger partial charge < -0.3 is 14.7 Å². The van der Waals surface area contributed by atoms with Crippen molar-refractivity contribution in [2.75, 3.05) is 20.3 Å². The molecule has 1 aliphatic rings. The van der Waals surface area contributed by atoms with Crippen molar-refractivity contribution < 1.29 is 14.6 Å². The molecule has 1 amide bonds. The Balaban J connectivity index is 2.15. The standard InChI is InChI=1S/C14H19NO3/c1-18-10-11-4-2-5-12(8-11)14(17)15-7-3-6-13(15)9-16/h2,4-5,8,13,16H,3,6-7,9-10H2,1H3/t13-/m1/s1. The molecule has 0 saturated carbocycles. The van der Waals surface area contributed by atoms with E-state index in [1.54, 1.807) is 12.0 Å². The van der Waals surface area contributed by atoms with Gasteiger partial charge in [0.1, 0.15) is 0 Å². The van der Waals surface area contributed by atoms with E-state index in [2.05, 4.69) is 0 Å². The van der Waals surface area contributed by atoms with Crippen LogP contribution < -0.4 is 0 Å². The first-order valence-corrected chi connectivity index (χ1v) is 6.26. The molecule has 1 aromatic rings. The highest BCUT2D eigenvalue weighted by Crippen LogP contribution is 2.20. The number of rotatable bonds is 4. The van der Waals surface area contributed by atoms with Crippen molar-refractivity contribution in [3.05, 3.63) is 35.4 Å². The molecule has 1 aliphatic heterocycles. The molecule has 4 heteroatoms. The Bertz CT molecular complexity index is 419. The molecule has 4 nitrogen and oxygen atoms in total. The molecule has 0 radical (unpaired) electrons. The summed E-state index contributed by atoms with van der Waals surface area (Å²) in [6.07, 6.45) is 1.86. The van der Waals surface area contributed by atoms with Crippen molar-refractivity contribution in [2.24, 2.45) is 0 Å². The zero-order valence-electron chi connectivity index (χ0n) is 10.6. The summed E-state index contributed by atoms with van der Waals surface area (Å²) in [6, 6.07) is 7.45. The lowest BCUT2D eigenvalue weighted by molar-refractivity contribution is 0.0677. The van der Waals surface area contributed by atoms with Crippen LogP contribution in [0.15, 0.2) is 24.3 Å². The van der Waals surface area contributed by atoms with E-state index >= 15 is 0 Å². The maximum atomic E-state index is 12.3. The van der Waals surface area contributed by atoms with Gasteiger partial charge >= 0.3 is 0 Å². The topological polar surface area (TPSA) is 49.8 Å². The quantitative estimate of drug-likeness (QED) is 0.878. The van der Waals surface area contributed by atoms with Gasteiger partial charge in [-0.25, -0.2) is 0 Å². The third-order valence-electron chi connectivity index (χ3n) is 3.33. The van der Waals surface area contributed by atoms with E-state index in [9.17, 15) is 9.90 Å². The van der Waals surface area contributed by atoms with E-state index in [0.717, 1.165) is 24.9 Å². The van der Waals surface area contributed by atoms with Crippen molar-refractivity contribution in [3.8, 4) is 0 Å². The van der Waals surface area contributed by atoms with E-state index in [0.29, 0.717) is 12.2 Å². The molecule has 0 aliphatic carbocycles. The fourth-order valence-electron chi connectivity index (χ4n) is 2.42. The van der Waals surface area contributed by atoms with Crippen LogP contribution in [-0.4, -0.2) is 42.2 Å². The van der Waals surface area contributed by atoms with E-state index in [1.165, 1.54) is 0 Å². The molecule has 98 valence electrons. The molecule has 1 aromatic carbocycles. The minimum Gasteiger partial charge on any atom is -0.394 e. The lowest BCUT2D eigenvalue weighted by Gasteiger charge is -2.23. The molecule has 0 unspecified atom stereocenters. The molecule has 2 rings (SSSR count). The van der Waals surface area contributed by atoms with Gasteiger partial charge in [0.25, 0.3) is 5.91 Å². The minimum atomic E-state index is -0.0245. The number of aliphatic hydroxyl groups excluding tert-OH is 1. The maximum absolute atomic E-state index is 12.3. The number of carbonyl (C=O) groups excluding carboxylic acids is 1. The van der Waals surface area contributed by atoms with E-state index in [-0.39, 0.29) is 18.6 Å². The number of methoxy groups -OCH3 is 1. The Morgan fingerprint density at radius 2 is 2.39 bits per heavy atom. The molecule has 1 heterocycles. The summed E-state index contributed by atoms with van der Waals surface area (Å²) in [5.74, 6) is 0.00417. The fourth-order valence-corrected chi connectivity index (χ4v) is 2.42. The van der Waals surface area contributed by atoms with Crippen LogP contribution in [0.2, 0.25) is 0 Å². The third-order valence-corrected chi connectivity index (χ3v) is 3.33. The number of amides is 1. The van der Waals surface area contributed by atoms with Crippen molar-refractivity contribution in [1.82, 2.24) is 4.90 Å². The number of hydrogen-bond acceptors (Lipinski definition) is 3. The highest BCUT2D eigenvalue weighted by atomic mass is 16.5. The van der Waals surface area contributed by atoms with Gasteiger partial charge in [0.15, 0.2) is 0 Å². The maximum Gasteiger partial charge on any atom is 0.254 e. The van der Waals surface area contributed by atoms with Crippen molar-refractivity contribution >= 4 is 5.91 Å². The van der Waals surface area contributed by atoms with Gasteiger partial charge in [-0.1, -0.05) is 12.1 Å². The summed E-state index contributed by atoms with van der Waals surface area (Å²) in [7, 11) is 1.64. The van der Waals surface area contributed by atoms with Crippen molar-refractivity contribution in [3.63, 3.8) is 0 Å². The van der Waals surface area contributed by atoms with Crippen LogP contribution in [0.3, 0.4) is 0 Å². The molecule has 1 atom stereocenters. The molecule has 18 heavy (non-hydrogen) atoms. The molecular weight excluding hydrogens is 230 g/mol. The number of aliphatic hydroxyl groups is 1. The number of likely N-dealkylation sites (tertiary alicyclic amines) is 1. The zero-order valence-corrected chi connectivity index (χ0v) is 10.6. The number of nitrogens with zero attached hydrogens (tertiary/aromatic N) is 1. The number of ether oxygens (including phenoxy) is 1. The first-order chi connectivity index (χ1) is 8.76. The van der Waals surface area contributed by atoms with Gasteiger partial charge in [-0.05, 0) is 30.5 Å². The van der Waals surface area contributed by atoms with Crippen molar-refractivity contribution in [2.45, 2.75) is 25.5 Å². The van der Waals surface area contributed by atoms with E-state index in [4.69, 9.17) is 4.74 Å². The second-order valence-electron chi connectivity index (χ2n) is 4.61. The fraction of sp³-hybridized carbons (Fsp3) is 0.500. The first kappa shape index (κ1) is 13.1. The van der Waals surface area contributed by atoms with Crippen LogP contribution in [0.5, 0.6) is 0 Å². The summed E-state index contributed by atoms with van der Waals surface area (Å²) < 4.78 is 5.07. The zero-order chi connectivity index (χ0) is 13.0. The summed E-state index contributed by atoms with van der Waals surface area (Å²) in [6.45, 7) is 1.28. The number of benzene rings is 1. The van der Waals surface area contributed by atoms with Gasteiger partial charge in [0.2, 0.25) is 0 Å². The van der Waals surface area contributed by atoms with Crippen LogP contribution in [0.25, 0.3) is 0 Å². The molecule has 0 aromatic heterocycles. The van der Waals surface area contributed by atoms with Crippen LogP contribution in [-0.2, 0) is 11.3 Å². The smallest absolute Gasteiger partial charge is 0.254 e. The lowest BCUT2D eigenvalue weighted by Crippen LogP contribution is -2.37. The molecular formula is C14H19NO3. The van der Waals surface area contributed by atoms with Gasteiger partial charge in [-0.3, -0.25) is 4.79 Å². The summed E-state index contributed by atoms with van der Waals surface area (Å²) in [5.41, 5.74) is 1.66. The molecule has 1 fully saturated rings. The molecule has 1 N–H and O–H groups in total. The summed E-state index contributed by atoms with van der Waals surface area (Å²) >= 11 is 0. The highest BCUT2D eigenvalue weighted by Gasteiger charge is 2.28. The first-order valence-electron chi connectivity index (χ1n) is 6.26. The molecule has 0 spiro atoms. The predicted octanol–water partition coefficient (Wildman–Crippen LogP) is 1.43. The van der Waals surface area contributed by atoms with Gasteiger partial charge in [-0.15, -0.1) is 0 Å². The second kappa shape index (κ2) is 5.98. The van der Waals surface area contributed by atoms with Crippen LogP contribution >= 0.6 is 0 Å². The molecule has 1 saturated heterocycles. The Hall–Kier alpha value is -1.39. The van der Waals surface area contributed by atoms with E-state index in [1.807, 2.05) is 24.3 Å². The average Bonchev–Trinajstić information content (AvgIpc) is 2.87. The van der Waals surface area contributed by atoms with Gasteiger partial charge in [-0.2, -0.15) is 0 Å². The normalized spacial score (nSPS) is 19.2. The average molecular weight is 249 g/mol. The van der Waals surface area contributed by atoms with Gasteiger partial charge in [0.05, 0.1) is 19.3 Å². The Morgan fingerprint density at radius 3 is 3.11 bits per heavy atom. The molecule has 0 bridgehead atoms. The van der Waals surface area contributed by atoms with Crippen LogP contribution in [0, 0.1) is 0 Å². The third kappa shape index (κ3) is 2.71. The SMILES string of the molecule is COCc1cccc(C(=O)N2CCC[C@@H]2CO)c1. The summed E-state index contributed by atoms with van der Waals surface area (Å²) in [5, 5.41) is 9.26. The van der Waals surface area contributed by atoms with E-state index < -0.39 is 0 Å². The highest BCUT2D eigenvalue weighted by molar-refractivity contribution is 5.94. The minimum absolute atomic E-state index is 0.00417. The van der Waals surface area contributed by atoms with Crippen LogP contribution in [0.1, 0.15) is 28.8 Å². The Kier molecular flexibility index (Phi) is 4.33.